The highest BCUT2D eigenvalue weighted by Gasteiger charge is 2.22. The van der Waals surface area contributed by atoms with Crippen molar-refractivity contribution in [2.45, 2.75) is 18.4 Å². The minimum absolute atomic E-state index is 0.0867. The number of anilines is 1. The quantitative estimate of drug-likeness (QED) is 0.193. The molecule has 0 unspecified atom stereocenters. The maximum atomic E-state index is 11.0. The molecule has 0 radical (unpaired) electrons. The topological polar surface area (TPSA) is 133 Å². The molecule has 0 fully saturated rings. The lowest BCUT2D eigenvalue weighted by Crippen LogP contribution is -2.13. The van der Waals surface area contributed by atoms with E-state index in [4.69, 9.17) is 5.84 Å². The first kappa shape index (κ1) is 15.1. The number of nitrogens with two attached hydrogens (primary N) is 1. The van der Waals surface area contributed by atoms with Crippen molar-refractivity contribution in [2.24, 2.45) is 5.84 Å². The van der Waals surface area contributed by atoms with Gasteiger partial charge in [-0.25, -0.2) is 10.8 Å². The minimum atomic E-state index is -0.559. The van der Waals surface area contributed by atoms with Crippen molar-refractivity contribution in [3.63, 3.8) is 0 Å². The van der Waals surface area contributed by atoms with E-state index in [1.165, 1.54) is 14.0 Å². The van der Waals surface area contributed by atoms with Gasteiger partial charge in [0.2, 0.25) is 5.95 Å². The van der Waals surface area contributed by atoms with Gasteiger partial charge in [0.1, 0.15) is 5.69 Å². The smallest absolute Gasteiger partial charge is 0.322 e. The number of nitrogen functional groups attached to an aromatic ring is 1. The second-order valence-electron chi connectivity index (χ2n) is 3.36. The molecule has 1 aromatic rings. The number of ether oxygens (including phenoxy) is 1. The predicted molar refractivity (Wildman–Crippen MR) is 68.6 cm³/mol. The van der Waals surface area contributed by atoms with E-state index in [9.17, 15) is 14.9 Å². The van der Waals surface area contributed by atoms with Crippen molar-refractivity contribution >= 4 is 29.4 Å². The van der Waals surface area contributed by atoms with Crippen LogP contribution in [0.25, 0.3) is 0 Å². The first-order chi connectivity index (χ1) is 8.99. The van der Waals surface area contributed by atoms with Gasteiger partial charge in [-0.1, -0.05) is 11.8 Å². The zero-order chi connectivity index (χ0) is 14.4. The summed E-state index contributed by atoms with van der Waals surface area (Å²) in [5, 5.41) is 11.1. The molecule has 3 N–H and O–H groups in total. The fourth-order valence-corrected chi connectivity index (χ4v) is 2.22. The molecule has 0 aliphatic heterocycles. The van der Waals surface area contributed by atoms with Crippen molar-refractivity contribution in [3.8, 4) is 0 Å². The van der Waals surface area contributed by atoms with Crippen molar-refractivity contribution < 1.29 is 14.5 Å². The molecule has 10 heteroatoms. The Bertz CT molecular complexity index is 496. The van der Waals surface area contributed by atoms with Gasteiger partial charge in [-0.2, -0.15) is 4.98 Å². The van der Waals surface area contributed by atoms with Gasteiger partial charge in [0, 0.05) is 5.75 Å². The fraction of sp³-hybridized carbons (Fsp3) is 0.444. The molecule has 0 bridgehead atoms. The summed E-state index contributed by atoms with van der Waals surface area (Å²) in [6, 6.07) is 0. The standard InChI is InChI=1S/C9H13N5O4S/c1-5-7(14(16)17)8(12-9(11-5)13-10)19-4-3-6(15)18-2/h3-4,10H2,1-2H3,(H,11,12,13). The number of hydrogen-bond donors (Lipinski definition) is 2. The van der Waals surface area contributed by atoms with Gasteiger partial charge in [-0.15, -0.1) is 0 Å². The summed E-state index contributed by atoms with van der Waals surface area (Å²) in [6.45, 7) is 1.49. The average Bonchev–Trinajstić information content (AvgIpc) is 2.37. The molecule has 0 saturated carbocycles. The summed E-state index contributed by atoms with van der Waals surface area (Å²) in [5.41, 5.74) is 2.25. The van der Waals surface area contributed by atoms with Gasteiger partial charge < -0.3 is 4.74 Å². The molecule has 0 aliphatic carbocycles. The van der Waals surface area contributed by atoms with E-state index in [1.807, 2.05) is 0 Å². The Morgan fingerprint density at radius 1 is 1.58 bits per heavy atom. The van der Waals surface area contributed by atoms with Crippen molar-refractivity contribution in [1.29, 1.82) is 0 Å². The Balaban J connectivity index is 2.93. The highest BCUT2D eigenvalue weighted by atomic mass is 32.2. The molecule has 19 heavy (non-hydrogen) atoms. The fourth-order valence-electron chi connectivity index (χ4n) is 1.25. The van der Waals surface area contributed by atoms with E-state index in [0.717, 1.165) is 11.8 Å². The molecule has 0 aromatic carbocycles. The van der Waals surface area contributed by atoms with Crippen LogP contribution in [0.2, 0.25) is 0 Å². The Morgan fingerprint density at radius 3 is 2.79 bits per heavy atom. The number of carbonyl (C=O) groups excluding carboxylic acids is 1. The van der Waals surface area contributed by atoms with Gasteiger partial charge in [0.15, 0.2) is 5.03 Å². The van der Waals surface area contributed by atoms with E-state index in [-0.39, 0.29) is 28.8 Å². The van der Waals surface area contributed by atoms with Gasteiger partial charge in [0.25, 0.3) is 0 Å². The number of rotatable bonds is 6. The summed E-state index contributed by atoms with van der Waals surface area (Å²) >= 11 is 1.07. The number of aryl methyl sites for hydroxylation is 1. The van der Waals surface area contributed by atoms with Crippen molar-refractivity contribution in [3.05, 3.63) is 15.8 Å². The number of methoxy groups -OCH3 is 1. The van der Waals surface area contributed by atoms with E-state index >= 15 is 0 Å². The summed E-state index contributed by atoms with van der Waals surface area (Å²) in [4.78, 5) is 29.1. The third-order valence-electron chi connectivity index (χ3n) is 2.11. The zero-order valence-electron chi connectivity index (χ0n) is 10.4. The largest absolute Gasteiger partial charge is 0.469 e. The van der Waals surface area contributed by atoms with Crippen LogP contribution in [0, 0.1) is 17.0 Å². The molecule has 9 nitrogen and oxygen atoms in total. The zero-order valence-corrected chi connectivity index (χ0v) is 11.2. The van der Waals surface area contributed by atoms with Crippen LogP contribution in [0.5, 0.6) is 0 Å². The lowest BCUT2D eigenvalue weighted by atomic mass is 10.4. The number of aromatic nitrogens is 2. The van der Waals surface area contributed by atoms with Crippen LogP contribution >= 0.6 is 11.8 Å². The summed E-state index contributed by atoms with van der Waals surface area (Å²) in [7, 11) is 1.28. The first-order valence-corrected chi connectivity index (χ1v) is 6.17. The number of nitrogens with zero attached hydrogens (tertiary/aromatic N) is 3. The van der Waals surface area contributed by atoms with E-state index in [2.05, 4.69) is 20.1 Å². The predicted octanol–water partition coefficient (Wildman–Crippen LogP) is 0.634. The lowest BCUT2D eigenvalue weighted by Gasteiger charge is -2.06. The molecule has 0 amide bonds. The number of nitro groups is 1. The normalized spacial score (nSPS) is 10.1. The molecule has 0 spiro atoms. The van der Waals surface area contributed by atoms with E-state index in [1.54, 1.807) is 0 Å². The van der Waals surface area contributed by atoms with Gasteiger partial charge in [0.05, 0.1) is 18.5 Å². The average molecular weight is 287 g/mol. The third-order valence-corrected chi connectivity index (χ3v) is 3.08. The number of hydrogen-bond acceptors (Lipinski definition) is 9. The van der Waals surface area contributed by atoms with Crippen molar-refractivity contribution in [2.75, 3.05) is 18.3 Å². The number of carbonyl (C=O) groups is 1. The van der Waals surface area contributed by atoms with Crippen molar-refractivity contribution in [1.82, 2.24) is 9.97 Å². The number of hydrazine groups is 1. The molecular weight excluding hydrogens is 274 g/mol. The summed E-state index contributed by atoms with van der Waals surface area (Å²) < 4.78 is 4.48. The molecule has 1 aromatic heterocycles. The summed E-state index contributed by atoms with van der Waals surface area (Å²) in [5.74, 6) is 5.19. The monoisotopic (exact) mass is 287 g/mol. The van der Waals surface area contributed by atoms with Crippen LogP contribution in [0.3, 0.4) is 0 Å². The molecule has 0 aliphatic rings. The van der Waals surface area contributed by atoms with Crippen LogP contribution < -0.4 is 11.3 Å². The van der Waals surface area contributed by atoms with E-state index in [0.29, 0.717) is 5.75 Å². The molecular formula is C9H13N5O4S. The molecule has 0 saturated heterocycles. The lowest BCUT2D eigenvalue weighted by molar-refractivity contribution is -0.389. The second-order valence-corrected chi connectivity index (χ2v) is 4.45. The molecule has 0 atom stereocenters. The molecule has 104 valence electrons. The Morgan fingerprint density at radius 2 is 2.26 bits per heavy atom. The Hall–Kier alpha value is -1.94. The number of nitrogens with one attached hydrogen (secondary N) is 1. The van der Waals surface area contributed by atoms with Crippen LogP contribution in [-0.4, -0.2) is 33.7 Å². The minimum Gasteiger partial charge on any atom is -0.469 e. The van der Waals surface area contributed by atoms with Gasteiger partial charge in [-0.3, -0.25) is 20.3 Å². The van der Waals surface area contributed by atoms with Crippen LogP contribution in [0.4, 0.5) is 11.6 Å². The van der Waals surface area contributed by atoms with Gasteiger partial charge >= 0.3 is 11.7 Å². The third kappa shape index (κ3) is 4.03. The Labute approximate surface area is 113 Å². The van der Waals surface area contributed by atoms with Crippen LogP contribution in [0.15, 0.2) is 5.03 Å². The van der Waals surface area contributed by atoms with Crippen LogP contribution in [0.1, 0.15) is 12.1 Å². The Kier molecular flexibility index (Phi) is 5.45. The van der Waals surface area contributed by atoms with E-state index < -0.39 is 10.9 Å². The first-order valence-electron chi connectivity index (χ1n) is 5.18. The van der Waals surface area contributed by atoms with Crippen LogP contribution in [-0.2, 0) is 9.53 Å². The van der Waals surface area contributed by atoms with Gasteiger partial charge in [-0.05, 0) is 6.92 Å². The maximum absolute atomic E-state index is 11.0. The second kappa shape index (κ2) is 6.85. The number of esters is 1. The highest BCUT2D eigenvalue weighted by Crippen LogP contribution is 2.30. The highest BCUT2D eigenvalue weighted by molar-refractivity contribution is 7.99. The molecule has 1 rings (SSSR count). The maximum Gasteiger partial charge on any atom is 0.322 e. The SMILES string of the molecule is COC(=O)CCSc1nc(NN)nc(C)c1[N+](=O)[O-]. The number of thioether (sulfide) groups is 1. The molecule has 1 heterocycles. The summed E-state index contributed by atoms with van der Waals surface area (Å²) in [6.07, 6.45) is 0.132.